The second-order valence-corrected chi connectivity index (χ2v) is 6.05. The van der Waals surface area contributed by atoms with Crippen LogP contribution in [-0.2, 0) is 11.2 Å². The summed E-state index contributed by atoms with van der Waals surface area (Å²) in [5, 5.41) is 10.4. The summed E-state index contributed by atoms with van der Waals surface area (Å²) in [4.78, 5) is 9.25. The second-order valence-electron chi connectivity index (χ2n) is 6.05. The van der Waals surface area contributed by atoms with E-state index in [1.54, 1.807) is 0 Å². The van der Waals surface area contributed by atoms with Crippen molar-refractivity contribution in [2.75, 3.05) is 0 Å². The molecular formula is C22H30O2. The monoisotopic (exact) mass is 326 g/mol. The van der Waals surface area contributed by atoms with Gasteiger partial charge in [0.2, 0.25) is 0 Å². The van der Waals surface area contributed by atoms with Gasteiger partial charge in [-0.3, -0.25) is 0 Å². The summed E-state index contributed by atoms with van der Waals surface area (Å²) >= 11 is 0. The van der Waals surface area contributed by atoms with Gasteiger partial charge in [0.25, 0.3) is 0 Å². The van der Waals surface area contributed by atoms with Crippen molar-refractivity contribution in [2.45, 2.75) is 58.3 Å². The van der Waals surface area contributed by atoms with E-state index >= 15 is 0 Å². The lowest BCUT2D eigenvalue weighted by molar-refractivity contribution is -0.131. The van der Waals surface area contributed by atoms with E-state index in [2.05, 4.69) is 56.0 Å². The van der Waals surface area contributed by atoms with Crippen LogP contribution < -0.4 is 0 Å². The van der Waals surface area contributed by atoms with E-state index < -0.39 is 5.97 Å². The van der Waals surface area contributed by atoms with Gasteiger partial charge in [-0.1, -0.05) is 94.5 Å². The molecule has 0 saturated carbocycles. The summed E-state index contributed by atoms with van der Waals surface area (Å²) in [6.45, 7) is 5.24. The molecular weight excluding hydrogens is 296 g/mol. The number of carboxylic acids is 1. The normalized spacial score (nSPS) is 10.0. The fourth-order valence-corrected chi connectivity index (χ4v) is 2.78. The van der Waals surface area contributed by atoms with Crippen LogP contribution in [-0.4, -0.2) is 11.1 Å². The number of carboxylic acid groups (broad SMARTS) is 1. The van der Waals surface area contributed by atoms with Gasteiger partial charge in [-0.05, 0) is 29.2 Å². The molecule has 0 spiro atoms. The number of aliphatic carboxylic acids is 1. The highest BCUT2D eigenvalue weighted by atomic mass is 16.4. The van der Waals surface area contributed by atoms with Gasteiger partial charge in [-0.15, -0.1) is 0 Å². The zero-order valence-corrected chi connectivity index (χ0v) is 14.8. The zero-order valence-electron chi connectivity index (χ0n) is 14.8. The van der Waals surface area contributed by atoms with Crippen molar-refractivity contribution in [2.24, 2.45) is 0 Å². The SMILES string of the molecule is C=CC(=O)O.CCCCCCCCCc1cccc2ccccc12. The number of hydrogen-bond donors (Lipinski definition) is 1. The summed E-state index contributed by atoms with van der Waals surface area (Å²) in [7, 11) is 0. The summed E-state index contributed by atoms with van der Waals surface area (Å²) in [6.07, 6.45) is 11.8. The average molecular weight is 326 g/mol. The number of aryl methyl sites for hydroxylation is 1. The van der Waals surface area contributed by atoms with E-state index in [-0.39, 0.29) is 0 Å². The largest absolute Gasteiger partial charge is 0.478 e. The maximum atomic E-state index is 9.25. The molecule has 2 aromatic rings. The van der Waals surface area contributed by atoms with Crippen molar-refractivity contribution in [1.82, 2.24) is 0 Å². The van der Waals surface area contributed by atoms with Gasteiger partial charge in [0, 0.05) is 6.08 Å². The molecule has 0 radical (unpaired) electrons. The predicted octanol–water partition coefficient (Wildman–Crippen LogP) is 6.39. The van der Waals surface area contributed by atoms with Crippen LogP contribution >= 0.6 is 0 Å². The average Bonchev–Trinajstić information content (AvgIpc) is 2.61. The molecule has 0 atom stereocenters. The molecule has 24 heavy (non-hydrogen) atoms. The van der Waals surface area contributed by atoms with Gasteiger partial charge >= 0.3 is 5.97 Å². The quantitative estimate of drug-likeness (QED) is 0.428. The van der Waals surface area contributed by atoms with Gasteiger partial charge in [0.15, 0.2) is 0 Å². The number of unbranched alkanes of at least 4 members (excludes halogenated alkanes) is 6. The van der Waals surface area contributed by atoms with Crippen LogP contribution in [0, 0.1) is 0 Å². The lowest BCUT2D eigenvalue weighted by Gasteiger charge is -2.06. The number of fused-ring (bicyclic) bond motifs is 1. The standard InChI is InChI=1S/C19H26.C3H4O2/c1-2-3-4-5-6-7-8-12-17-14-11-15-18-13-9-10-16-19(17)18;1-2-3(4)5/h9-11,13-16H,2-8,12H2,1H3;2H,1H2,(H,4,5). The highest BCUT2D eigenvalue weighted by Gasteiger charge is 2.00. The molecule has 2 heteroatoms. The Hall–Kier alpha value is -2.09. The van der Waals surface area contributed by atoms with Gasteiger partial charge < -0.3 is 5.11 Å². The van der Waals surface area contributed by atoms with Crippen LogP contribution in [0.15, 0.2) is 55.1 Å². The van der Waals surface area contributed by atoms with Crippen LogP contribution in [0.1, 0.15) is 57.4 Å². The topological polar surface area (TPSA) is 37.3 Å². The van der Waals surface area contributed by atoms with Gasteiger partial charge in [0.1, 0.15) is 0 Å². The molecule has 2 aromatic carbocycles. The maximum absolute atomic E-state index is 9.25. The Balaban J connectivity index is 0.000000505. The molecule has 2 rings (SSSR count). The Morgan fingerprint density at radius 1 is 0.958 bits per heavy atom. The van der Waals surface area contributed by atoms with E-state index in [0.717, 1.165) is 6.08 Å². The molecule has 0 fully saturated rings. The lowest BCUT2D eigenvalue weighted by Crippen LogP contribution is -1.88. The summed E-state index contributed by atoms with van der Waals surface area (Å²) in [5.74, 6) is -0.981. The second kappa shape index (κ2) is 12.3. The van der Waals surface area contributed by atoms with Gasteiger partial charge in [-0.2, -0.15) is 0 Å². The van der Waals surface area contributed by atoms with E-state index in [4.69, 9.17) is 5.11 Å². The third kappa shape index (κ3) is 7.96. The van der Waals surface area contributed by atoms with Crippen LogP contribution in [0.2, 0.25) is 0 Å². The summed E-state index contributed by atoms with van der Waals surface area (Å²) in [6, 6.07) is 15.4. The summed E-state index contributed by atoms with van der Waals surface area (Å²) < 4.78 is 0. The third-order valence-corrected chi connectivity index (χ3v) is 4.10. The fraction of sp³-hybridized carbons (Fsp3) is 0.409. The minimum Gasteiger partial charge on any atom is -0.478 e. The Kier molecular flexibility index (Phi) is 10.3. The van der Waals surface area contributed by atoms with Crippen LogP contribution in [0.3, 0.4) is 0 Å². The van der Waals surface area contributed by atoms with E-state index in [9.17, 15) is 4.79 Å². The van der Waals surface area contributed by atoms with Crippen LogP contribution in [0.4, 0.5) is 0 Å². The Labute approximate surface area is 146 Å². The Bertz CT molecular complexity index is 611. The van der Waals surface area contributed by atoms with Crippen molar-refractivity contribution >= 4 is 16.7 Å². The van der Waals surface area contributed by atoms with Crippen molar-refractivity contribution in [3.63, 3.8) is 0 Å². The van der Waals surface area contributed by atoms with Crippen molar-refractivity contribution in [3.05, 3.63) is 60.7 Å². The van der Waals surface area contributed by atoms with E-state index in [1.807, 2.05) is 0 Å². The molecule has 0 heterocycles. The van der Waals surface area contributed by atoms with Crippen molar-refractivity contribution < 1.29 is 9.90 Å². The first-order valence-corrected chi connectivity index (χ1v) is 9.01. The molecule has 0 aliphatic carbocycles. The van der Waals surface area contributed by atoms with E-state index in [1.165, 1.54) is 67.7 Å². The highest BCUT2D eigenvalue weighted by Crippen LogP contribution is 2.20. The Morgan fingerprint density at radius 2 is 1.54 bits per heavy atom. The number of hydrogen-bond acceptors (Lipinski definition) is 1. The number of benzene rings is 2. The fourth-order valence-electron chi connectivity index (χ4n) is 2.78. The number of rotatable bonds is 9. The Morgan fingerprint density at radius 3 is 2.21 bits per heavy atom. The third-order valence-electron chi connectivity index (χ3n) is 4.10. The molecule has 0 aliphatic heterocycles. The predicted molar refractivity (Wildman–Crippen MR) is 103 cm³/mol. The highest BCUT2D eigenvalue weighted by molar-refractivity contribution is 5.85. The first kappa shape index (κ1) is 20.0. The minimum absolute atomic E-state index is 0.833. The van der Waals surface area contributed by atoms with Crippen LogP contribution in [0.25, 0.3) is 10.8 Å². The summed E-state index contributed by atoms with van der Waals surface area (Å²) in [5.41, 5.74) is 1.52. The minimum atomic E-state index is -0.981. The molecule has 0 unspecified atom stereocenters. The zero-order chi connectivity index (χ0) is 17.6. The van der Waals surface area contributed by atoms with E-state index in [0.29, 0.717) is 0 Å². The first-order valence-electron chi connectivity index (χ1n) is 9.01. The molecule has 0 aliphatic rings. The van der Waals surface area contributed by atoms with Gasteiger partial charge in [0.05, 0.1) is 0 Å². The van der Waals surface area contributed by atoms with Crippen molar-refractivity contribution in [1.29, 1.82) is 0 Å². The van der Waals surface area contributed by atoms with Crippen molar-refractivity contribution in [3.8, 4) is 0 Å². The maximum Gasteiger partial charge on any atom is 0.327 e. The molecule has 0 amide bonds. The van der Waals surface area contributed by atoms with Gasteiger partial charge in [-0.25, -0.2) is 4.79 Å². The molecule has 0 saturated heterocycles. The number of carbonyl (C=O) groups is 1. The lowest BCUT2D eigenvalue weighted by atomic mass is 9.99. The van der Waals surface area contributed by atoms with Crippen LogP contribution in [0.5, 0.6) is 0 Å². The molecule has 1 N–H and O–H groups in total. The molecule has 2 nitrogen and oxygen atoms in total. The molecule has 0 aromatic heterocycles. The molecule has 130 valence electrons. The smallest absolute Gasteiger partial charge is 0.327 e. The molecule has 0 bridgehead atoms. The first-order chi connectivity index (χ1) is 11.7.